The van der Waals surface area contributed by atoms with Crippen molar-refractivity contribution in [3.05, 3.63) is 75.3 Å². The molecule has 5 rings (SSSR count). The van der Waals surface area contributed by atoms with Gasteiger partial charge in [0.05, 0.1) is 17.6 Å². The monoisotopic (exact) mass is 392 g/mol. The zero-order valence-electron chi connectivity index (χ0n) is 15.5. The molecule has 1 fully saturated rings. The third-order valence-corrected chi connectivity index (χ3v) is 5.81. The lowest BCUT2D eigenvalue weighted by atomic mass is 10.1. The van der Waals surface area contributed by atoms with E-state index in [0.717, 1.165) is 28.5 Å². The van der Waals surface area contributed by atoms with E-state index in [0.29, 0.717) is 17.2 Å². The molecule has 3 heterocycles. The molecule has 142 valence electrons. The predicted molar refractivity (Wildman–Crippen MR) is 113 cm³/mol. The van der Waals surface area contributed by atoms with E-state index < -0.39 is 0 Å². The summed E-state index contributed by atoms with van der Waals surface area (Å²) >= 11 is 6.33. The smallest absolute Gasteiger partial charge is 0.303 e. The summed E-state index contributed by atoms with van der Waals surface area (Å²) in [5.41, 5.74) is 4.42. The van der Waals surface area contributed by atoms with Crippen molar-refractivity contribution in [2.45, 2.75) is 25.9 Å². The summed E-state index contributed by atoms with van der Waals surface area (Å²) in [5, 5.41) is 1.25. The zero-order chi connectivity index (χ0) is 19.1. The van der Waals surface area contributed by atoms with Gasteiger partial charge in [-0.3, -0.25) is 9.47 Å². The molecule has 0 spiro atoms. The van der Waals surface area contributed by atoms with Crippen LogP contribution in [0.1, 0.15) is 24.0 Å². The van der Waals surface area contributed by atoms with Crippen molar-refractivity contribution in [2.24, 2.45) is 0 Å². The largest absolute Gasteiger partial charge is 0.326 e. The highest BCUT2D eigenvalue weighted by atomic mass is 35.5. The van der Waals surface area contributed by atoms with E-state index in [-0.39, 0.29) is 5.69 Å². The first kappa shape index (κ1) is 17.5. The molecule has 28 heavy (non-hydrogen) atoms. The molecular weight excluding hydrogens is 372 g/mol. The molecule has 5 nitrogen and oxygen atoms in total. The minimum Gasteiger partial charge on any atom is -0.303 e. The Balaban J connectivity index is 1.51. The number of aromatic nitrogens is 3. The standard InChI is InChI=1S/C22H21ClN4O/c23-21-19-20(17-5-1-2-6-18(17)24-21)27(22(28)25-19)14-16-9-7-15(8-10-16)13-26-11-3-4-12-26/h1-2,5-10H,3-4,11-14H2,(H,25,28). The summed E-state index contributed by atoms with van der Waals surface area (Å²) in [7, 11) is 0. The van der Waals surface area contributed by atoms with Gasteiger partial charge >= 0.3 is 5.69 Å². The number of H-pyrrole nitrogens is 1. The number of likely N-dealkylation sites (tertiary alicyclic amines) is 1. The number of hydrogen-bond acceptors (Lipinski definition) is 3. The number of pyridine rings is 1. The molecule has 6 heteroatoms. The Bertz CT molecular complexity index is 1200. The van der Waals surface area contributed by atoms with Crippen LogP contribution in [0.3, 0.4) is 0 Å². The van der Waals surface area contributed by atoms with E-state index in [2.05, 4.69) is 39.1 Å². The summed E-state index contributed by atoms with van der Waals surface area (Å²) in [6.45, 7) is 3.87. The predicted octanol–water partition coefficient (Wildman–Crippen LogP) is 4.18. The van der Waals surface area contributed by atoms with Crippen molar-refractivity contribution in [1.82, 2.24) is 19.4 Å². The molecule has 1 aliphatic heterocycles. The fraction of sp³-hybridized carbons (Fsp3) is 0.273. The SMILES string of the molecule is O=c1[nH]c2c(Cl)nc3ccccc3c2n1Cc1ccc(CN2CCCC2)cc1. The maximum absolute atomic E-state index is 12.7. The van der Waals surface area contributed by atoms with Gasteiger partial charge in [0.25, 0.3) is 0 Å². The van der Waals surface area contributed by atoms with E-state index in [9.17, 15) is 4.79 Å². The summed E-state index contributed by atoms with van der Waals surface area (Å²) in [5.74, 6) is 0. The summed E-state index contributed by atoms with van der Waals surface area (Å²) in [6, 6.07) is 16.3. The van der Waals surface area contributed by atoms with E-state index in [1.165, 1.54) is 31.5 Å². The first-order chi connectivity index (χ1) is 13.7. The van der Waals surface area contributed by atoms with Gasteiger partial charge in [-0.1, -0.05) is 54.1 Å². The number of nitrogens with zero attached hydrogens (tertiary/aromatic N) is 3. The molecule has 1 saturated heterocycles. The normalized spacial score (nSPS) is 15.0. The Hall–Kier alpha value is -2.63. The van der Waals surface area contributed by atoms with Gasteiger partial charge in [-0.15, -0.1) is 0 Å². The molecule has 1 N–H and O–H groups in total. The van der Waals surface area contributed by atoms with Gasteiger partial charge in [0.15, 0.2) is 5.15 Å². The lowest BCUT2D eigenvalue weighted by molar-refractivity contribution is 0.331. The summed E-state index contributed by atoms with van der Waals surface area (Å²) in [6.07, 6.45) is 2.60. The number of rotatable bonds is 4. The average Bonchev–Trinajstić information content (AvgIpc) is 3.32. The van der Waals surface area contributed by atoms with Gasteiger partial charge in [-0.2, -0.15) is 0 Å². The van der Waals surface area contributed by atoms with E-state index in [1.807, 2.05) is 24.3 Å². The van der Waals surface area contributed by atoms with Gasteiger partial charge in [-0.05, 0) is 43.1 Å². The molecular formula is C22H21ClN4O. The number of hydrogen-bond donors (Lipinski definition) is 1. The Morgan fingerprint density at radius 1 is 0.964 bits per heavy atom. The molecule has 0 aliphatic carbocycles. The number of fused-ring (bicyclic) bond motifs is 3. The number of halogens is 1. The van der Waals surface area contributed by atoms with Crippen LogP contribution in [0.2, 0.25) is 5.15 Å². The average molecular weight is 393 g/mol. The molecule has 0 radical (unpaired) electrons. The van der Waals surface area contributed by atoms with Gasteiger partial charge in [0, 0.05) is 11.9 Å². The first-order valence-corrected chi connectivity index (χ1v) is 10.0. The van der Waals surface area contributed by atoms with Crippen LogP contribution >= 0.6 is 11.6 Å². The topological polar surface area (TPSA) is 53.9 Å². The van der Waals surface area contributed by atoms with Crippen LogP contribution < -0.4 is 5.69 Å². The second-order valence-electron chi connectivity index (χ2n) is 7.46. The molecule has 0 amide bonds. The highest BCUT2D eigenvalue weighted by Gasteiger charge is 2.15. The van der Waals surface area contributed by atoms with Crippen molar-refractivity contribution < 1.29 is 0 Å². The Kier molecular flexibility index (Phi) is 4.41. The third kappa shape index (κ3) is 3.11. The van der Waals surface area contributed by atoms with Crippen molar-refractivity contribution in [2.75, 3.05) is 13.1 Å². The Morgan fingerprint density at radius 3 is 2.39 bits per heavy atom. The van der Waals surface area contributed by atoms with Crippen LogP contribution in [-0.4, -0.2) is 32.5 Å². The lowest BCUT2D eigenvalue weighted by Gasteiger charge is -2.14. The van der Waals surface area contributed by atoms with Gasteiger partial charge in [0.1, 0.15) is 5.52 Å². The van der Waals surface area contributed by atoms with Crippen LogP contribution in [-0.2, 0) is 13.1 Å². The molecule has 0 bridgehead atoms. The molecule has 2 aromatic heterocycles. The van der Waals surface area contributed by atoms with Crippen LogP contribution in [0, 0.1) is 0 Å². The molecule has 2 aromatic carbocycles. The van der Waals surface area contributed by atoms with E-state index >= 15 is 0 Å². The molecule has 4 aromatic rings. The van der Waals surface area contributed by atoms with Crippen molar-refractivity contribution in [1.29, 1.82) is 0 Å². The van der Waals surface area contributed by atoms with E-state index in [4.69, 9.17) is 11.6 Å². The van der Waals surface area contributed by atoms with Crippen LogP contribution in [0.4, 0.5) is 0 Å². The second kappa shape index (κ2) is 7.08. The number of benzene rings is 2. The Labute approximate surface area is 167 Å². The summed E-state index contributed by atoms with van der Waals surface area (Å²) < 4.78 is 1.75. The maximum Gasteiger partial charge on any atom is 0.326 e. The number of imidazole rings is 1. The van der Waals surface area contributed by atoms with Gasteiger partial charge < -0.3 is 4.98 Å². The molecule has 1 aliphatic rings. The summed E-state index contributed by atoms with van der Waals surface area (Å²) in [4.78, 5) is 22.4. The van der Waals surface area contributed by atoms with Crippen molar-refractivity contribution >= 4 is 33.5 Å². The van der Waals surface area contributed by atoms with Crippen molar-refractivity contribution in [3.63, 3.8) is 0 Å². The maximum atomic E-state index is 12.7. The fourth-order valence-electron chi connectivity index (χ4n) is 4.11. The molecule has 0 unspecified atom stereocenters. The second-order valence-corrected chi connectivity index (χ2v) is 7.82. The van der Waals surface area contributed by atoms with Crippen LogP contribution in [0.15, 0.2) is 53.3 Å². The quantitative estimate of drug-likeness (QED) is 0.530. The highest BCUT2D eigenvalue weighted by molar-refractivity contribution is 6.35. The first-order valence-electron chi connectivity index (χ1n) is 9.66. The molecule has 0 atom stereocenters. The zero-order valence-corrected chi connectivity index (χ0v) is 16.2. The van der Waals surface area contributed by atoms with Crippen LogP contribution in [0.5, 0.6) is 0 Å². The Morgan fingerprint density at radius 2 is 1.64 bits per heavy atom. The van der Waals surface area contributed by atoms with Crippen LogP contribution in [0.25, 0.3) is 21.9 Å². The minimum atomic E-state index is -0.170. The fourth-order valence-corrected chi connectivity index (χ4v) is 4.34. The number of nitrogens with one attached hydrogen (secondary N) is 1. The van der Waals surface area contributed by atoms with Gasteiger partial charge in [-0.25, -0.2) is 9.78 Å². The third-order valence-electron chi connectivity index (χ3n) is 5.54. The lowest BCUT2D eigenvalue weighted by Crippen LogP contribution is -2.19. The van der Waals surface area contributed by atoms with Gasteiger partial charge in [0.2, 0.25) is 0 Å². The minimum absolute atomic E-state index is 0.170. The van der Waals surface area contributed by atoms with E-state index in [1.54, 1.807) is 4.57 Å². The number of para-hydroxylation sites is 1. The van der Waals surface area contributed by atoms with Crippen molar-refractivity contribution in [3.8, 4) is 0 Å². The molecule has 0 saturated carbocycles. The highest BCUT2D eigenvalue weighted by Crippen LogP contribution is 2.27. The number of aromatic amines is 1.